The summed E-state index contributed by atoms with van der Waals surface area (Å²) in [4.78, 5) is 0. The first-order valence-corrected chi connectivity index (χ1v) is 4.82. The van der Waals surface area contributed by atoms with Crippen molar-refractivity contribution in [1.29, 1.82) is 0 Å². The van der Waals surface area contributed by atoms with Gasteiger partial charge in [-0.2, -0.15) is 0 Å². The second kappa shape index (κ2) is 3.95. The average Bonchev–Trinajstić information content (AvgIpc) is 2.04. The first kappa shape index (κ1) is 8.84. The van der Waals surface area contributed by atoms with Crippen molar-refractivity contribution in [2.75, 3.05) is 12.4 Å². The van der Waals surface area contributed by atoms with Gasteiger partial charge in [-0.05, 0) is 46.7 Å². The zero-order valence-electron chi connectivity index (χ0n) is 6.82. The average molecular weight is 261 g/mol. The fourth-order valence-electron chi connectivity index (χ4n) is 1.09. The van der Waals surface area contributed by atoms with Crippen LogP contribution in [0.25, 0.3) is 0 Å². The third-order valence-electron chi connectivity index (χ3n) is 1.72. The Labute approximate surface area is 81.3 Å². The highest BCUT2D eigenvalue weighted by Crippen LogP contribution is 2.18. The summed E-state index contributed by atoms with van der Waals surface area (Å²) in [6.45, 7) is 2.17. The van der Waals surface area contributed by atoms with E-state index in [0.29, 0.717) is 0 Å². The number of hydrogen-bond acceptors (Lipinski definition) is 1. The Hall–Kier alpha value is -0.250. The maximum atomic E-state index is 3.18. The van der Waals surface area contributed by atoms with Crippen LogP contribution in [0.4, 0.5) is 5.69 Å². The Kier molecular flexibility index (Phi) is 3.17. The van der Waals surface area contributed by atoms with E-state index < -0.39 is 0 Å². The SMILES string of the molecule is CCc1ccc(I)cc1NC. The molecule has 1 rings (SSSR count). The first-order valence-electron chi connectivity index (χ1n) is 3.74. The molecule has 0 aliphatic heterocycles. The van der Waals surface area contributed by atoms with Crippen molar-refractivity contribution in [3.8, 4) is 0 Å². The molecule has 1 N–H and O–H groups in total. The minimum atomic E-state index is 1.09. The molecule has 0 amide bonds. The lowest BCUT2D eigenvalue weighted by Gasteiger charge is -2.06. The largest absolute Gasteiger partial charge is 0.388 e. The van der Waals surface area contributed by atoms with Crippen molar-refractivity contribution in [2.24, 2.45) is 0 Å². The number of nitrogens with one attached hydrogen (secondary N) is 1. The van der Waals surface area contributed by atoms with Crippen LogP contribution in [-0.4, -0.2) is 7.05 Å². The molecule has 0 radical (unpaired) electrons. The van der Waals surface area contributed by atoms with E-state index in [0.717, 1.165) is 6.42 Å². The van der Waals surface area contributed by atoms with E-state index in [1.807, 2.05) is 7.05 Å². The monoisotopic (exact) mass is 261 g/mol. The molecule has 1 nitrogen and oxygen atoms in total. The minimum Gasteiger partial charge on any atom is -0.388 e. The summed E-state index contributed by atoms with van der Waals surface area (Å²) in [5.74, 6) is 0. The van der Waals surface area contributed by atoms with Crippen LogP contribution in [0.3, 0.4) is 0 Å². The predicted molar refractivity (Wildman–Crippen MR) is 58.1 cm³/mol. The quantitative estimate of drug-likeness (QED) is 0.807. The predicted octanol–water partition coefficient (Wildman–Crippen LogP) is 2.90. The summed E-state index contributed by atoms with van der Waals surface area (Å²) in [6, 6.07) is 6.48. The van der Waals surface area contributed by atoms with Crippen LogP contribution in [0, 0.1) is 3.57 Å². The third kappa shape index (κ3) is 2.09. The van der Waals surface area contributed by atoms with E-state index in [2.05, 4.69) is 53.0 Å². The van der Waals surface area contributed by atoms with Gasteiger partial charge in [-0.15, -0.1) is 0 Å². The minimum absolute atomic E-state index is 1.09. The van der Waals surface area contributed by atoms with Gasteiger partial charge in [-0.3, -0.25) is 0 Å². The van der Waals surface area contributed by atoms with Crippen LogP contribution < -0.4 is 5.32 Å². The molecule has 1 aromatic rings. The lowest BCUT2D eigenvalue weighted by atomic mass is 10.1. The summed E-state index contributed by atoms with van der Waals surface area (Å²) in [5.41, 5.74) is 2.63. The first-order chi connectivity index (χ1) is 5.27. The Morgan fingerprint density at radius 1 is 1.45 bits per heavy atom. The smallest absolute Gasteiger partial charge is 0.0380 e. The van der Waals surface area contributed by atoms with E-state index in [1.165, 1.54) is 14.8 Å². The highest BCUT2D eigenvalue weighted by atomic mass is 127. The van der Waals surface area contributed by atoms with E-state index in [4.69, 9.17) is 0 Å². The molecule has 0 aliphatic rings. The summed E-state index contributed by atoms with van der Waals surface area (Å²) in [5, 5.41) is 3.18. The van der Waals surface area contributed by atoms with Crippen LogP contribution in [0.5, 0.6) is 0 Å². The molecule has 0 unspecified atom stereocenters. The molecule has 0 aromatic heterocycles. The van der Waals surface area contributed by atoms with Crippen molar-refractivity contribution < 1.29 is 0 Å². The van der Waals surface area contributed by atoms with Crippen molar-refractivity contribution in [2.45, 2.75) is 13.3 Å². The molecule has 0 aliphatic carbocycles. The van der Waals surface area contributed by atoms with Gasteiger partial charge >= 0.3 is 0 Å². The Balaban J connectivity index is 3.06. The van der Waals surface area contributed by atoms with Crippen molar-refractivity contribution in [3.05, 3.63) is 27.3 Å². The summed E-state index contributed by atoms with van der Waals surface area (Å²) >= 11 is 2.32. The fourth-order valence-corrected chi connectivity index (χ4v) is 1.58. The number of rotatable bonds is 2. The normalized spacial score (nSPS) is 9.73. The maximum absolute atomic E-state index is 3.18. The van der Waals surface area contributed by atoms with Crippen LogP contribution in [0.2, 0.25) is 0 Å². The van der Waals surface area contributed by atoms with Gasteiger partial charge in [-0.1, -0.05) is 13.0 Å². The highest BCUT2D eigenvalue weighted by Gasteiger charge is 1.97. The Morgan fingerprint density at radius 2 is 2.18 bits per heavy atom. The molecular weight excluding hydrogens is 249 g/mol. The zero-order chi connectivity index (χ0) is 8.27. The van der Waals surface area contributed by atoms with Crippen LogP contribution in [0.15, 0.2) is 18.2 Å². The van der Waals surface area contributed by atoms with Crippen LogP contribution in [-0.2, 0) is 6.42 Å². The number of aryl methyl sites for hydroxylation is 1. The molecule has 60 valence electrons. The van der Waals surface area contributed by atoms with Gasteiger partial charge in [0.15, 0.2) is 0 Å². The number of anilines is 1. The van der Waals surface area contributed by atoms with Gasteiger partial charge in [0.25, 0.3) is 0 Å². The Morgan fingerprint density at radius 3 is 2.73 bits per heavy atom. The van der Waals surface area contributed by atoms with E-state index in [9.17, 15) is 0 Å². The number of benzene rings is 1. The topological polar surface area (TPSA) is 12.0 Å². The molecule has 11 heavy (non-hydrogen) atoms. The molecule has 0 spiro atoms. The summed E-state index contributed by atoms with van der Waals surface area (Å²) in [7, 11) is 1.96. The van der Waals surface area contributed by atoms with Gasteiger partial charge in [0.2, 0.25) is 0 Å². The van der Waals surface area contributed by atoms with E-state index in [1.54, 1.807) is 0 Å². The van der Waals surface area contributed by atoms with Gasteiger partial charge < -0.3 is 5.32 Å². The lowest BCUT2D eigenvalue weighted by Crippen LogP contribution is -1.94. The van der Waals surface area contributed by atoms with Crippen LogP contribution >= 0.6 is 22.6 Å². The summed E-state index contributed by atoms with van der Waals surface area (Å²) in [6.07, 6.45) is 1.09. The molecule has 0 bridgehead atoms. The molecule has 0 saturated heterocycles. The van der Waals surface area contributed by atoms with Crippen molar-refractivity contribution >= 4 is 28.3 Å². The van der Waals surface area contributed by atoms with Gasteiger partial charge in [-0.25, -0.2) is 0 Å². The van der Waals surface area contributed by atoms with Gasteiger partial charge in [0.05, 0.1) is 0 Å². The second-order valence-electron chi connectivity index (χ2n) is 2.41. The molecule has 0 fully saturated rings. The zero-order valence-corrected chi connectivity index (χ0v) is 8.97. The maximum Gasteiger partial charge on any atom is 0.0380 e. The molecule has 0 heterocycles. The Bertz CT molecular complexity index is 245. The summed E-state index contributed by atoms with van der Waals surface area (Å²) < 4.78 is 1.28. The van der Waals surface area contributed by atoms with Crippen molar-refractivity contribution in [1.82, 2.24) is 0 Å². The molecule has 2 heteroatoms. The van der Waals surface area contributed by atoms with E-state index in [-0.39, 0.29) is 0 Å². The number of hydrogen-bond donors (Lipinski definition) is 1. The van der Waals surface area contributed by atoms with E-state index >= 15 is 0 Å². The van der Waals surface area contributed by atoms with Gasteiger partial charge in [0.1, 0.15) is 0 Å². The molecular formula is C9H12IN. The van der Waals surface area contributed by atoms with Crippen molar-refractivity contribution in [3.63, 3.8) is 0 Å². The van der Waals surface area contributed by atoms with Crippen LogP contribution in [0.1, 0.15) is 12.5 Å². The highest BCUT2D eigenvalue weighted by molar-refractivity contribution is 14.1. The molecule has 0 atom stereocenters. The standard InChI is InChI=1S/C9H12IN/c1-3-7-4-5-8(10)6-9(7)11-2/h4-6,11H,3H2,1-2H3. The number of halogens is 1. The third-order valence-corrected chi connectivity index (χ3v) is 2.39. The second-order valence-corrected chi connectivity index (χ2v) is 3.65. The lowest BCUT2D eigenvalue weighted by molar-refractivity contribution is 1.13. The fraction of sp³-hybridized carbons (Fsp3) is 0.333. The molecule has 0 saturated carbocycles. The molecule has 1 aromatic carbocycles. The van der Waals surface area contributed by atoms with Gasteiger partial charge in [0, 0.05) is 16.3 Å².